The third-order valence-electron chi connectivity index (χ3n) is 9.11. The molecule has 0 amide bonds. The van der Waals surface area contributed by atoms with Crippen molar-refractivity contribution in [2.45, 2.75) is 26.8 Å². The minimum absolute atomic E-state index is 0.442. The summed E-state index contributed by atoms with van der Waals surface area (Å²) in [5.74, 6) is 1.03. The predicted molar refractivity (Wildman–Crippen MR) is 204 cm³/mol. The van der Waals surface area contributed by atoms with Crippen molar-refractivity contribution >= 4 is 65.9 Å². The van der Waals surface area contributed by atoms with Crippen molar-refractivity contribution in [1.82, 2.24) is 0 Å². The largest absolute Gasteiger partial charge is 0.455 e. The first-order valence-corrected chi connectivity index (χ1v) is 16.5. The predicted octanol–water partition coefficient (Wildman–Crippen LogP) is 11.4. The third-order valence-corrected chi connectivity index (χ3v) is 9.11. The highest BCUT2D eigenvalue weighted by Crippen LogP contribution is 2.47. The minimum atomic E-state index is 0.442. The number of aliphatic imine (C=N–C) groups is 2. The van der Waals surface area contributed by atoms with Gasteiger partial charge in [0.25, 0.3) is 0 Å². The Morgan fingerprint density at radius 2 is 1.50 bits per heavy atom. The van der Waals surface area contributed by atoms with Gasteiger partial charge in [0.2, 0.25) is 0 Å². The molecule has 0 fully saturated rings. The number of nitrogens with zero attached hydrogens (tertiary/aromatic N) is 2. The van der Waals surface area contributed by atoms with E-state index in [-0.39, 0.29) is 0 Å². The van der Waals surface area contributed by atoms with E-state index >= 15 is 0 Å². The molecule has 4 nitrogen and oxygen atoms in total. The highest BCUT2D eigenvalue weighted by atomic mass is 16.3. The van der Waals surface area contributed by atoms with Crippen LogP contribution in [0, 0.1) is 0 Å². The van der Waals surface area contributed by atoms with E-state index in [1.165, 1.54) is 37.7 Å². The van der Waals surface area contributed by atoms with Crippen molar-refractivity contribution in [1.29, 1.82) is 0 Å². The molecule has 0 saturated heterocycles. The van der Waals surface area contributed by atoms with Crippen LogP contribution in [0.15, 0.2) is 160 Å². The number of amidine groups is 2. The summed E-state index contributed by atoms with van der Waals surface area (Å²) in [6.45, 7) is 4.57. The number of benzene rings is 7. The lowest BCUT2D eigenvalue weighted by Crippen LogP contribution is -2.17. The highest BCUT2D eigenvalue weighted by molar-refractivity contribution is 6.37. The van der Waals surface area contributed by atoms with Crippen LogP contribution in [0.5, 0.6) is 0 Å². The lowest BCUT2D eigenvalue weighted by atomic mass is 9.89. The van der Waals surface area contributed by atoms with E-state index in [0.717, 1.165) is 50.8 Å². The van der Waals surface area contributed by atoms with Gasteiger partial charge < -0.3 is 10.2 Å². The molecule has 0 radical (unpaired) electrons. The molecule has 0 aliphatic carbocycles. The molecule has 1 heterocycles. The molecule has 232 valence electrons. The maximum atomic E-state index is 6.75. The van der Waals surface area contributed by atoms with Crippen molar-refractivity contribution in [3.63, 3.8) is 0 Å². The van der Waals surface area contributed by atoms with Crippen LogP contribution in [0.4, 0.5) is 0 Å². The molecular formula is C44H35N3O. The first kappa shape index (κ1) is 29.4. The summed E-state index contributed by atoms with van der Waals surface area (Å²) < 4.78 is 6.75. The molecule has 1 aromatic heterocycles. The first-order valence-electron chi connectivity index (χ1n) is 16.5. The number of nitrogens with two attached hydrogens (primary N) is 1. The summed E-state index contributed by atoms with van der Waals surface area (Å²) in [5, 5.41) is 9.75. The molecule has 0 unspecified atom stereocenters. The summed E-state index contributed by atoms with van der Waals surface area (Å²) in [4.78, 5) is 9.92. The smallest absolute Gasteiger partial charge is 0.157 e. The Hall–Kier alpha value is -6.00. The number of allylic oxidation sites excluding steroid dienone is 2. The zero-order valence-electron chi connectivity index (χ0n) is 27.1. The maximum Gasteiger partial charge on any atom is 0.157 e. The second kappa shape index (κ2) is 12.3. The van der Waals surface area contributed by atoms with E-state index < -0.39 is 0 Å². The van der Waals surface area contributed by atoms with Gasteiger partial charge in [-0.1, -0.05) is 128 Å². The Morgan fingerprint density at radius 1 is 0.729 bits per heavy atom. The van der Waals surface area contributed by atoms with Crippen molar-refractivity contribution in [2.75, 3.05) is 0 Å². The molecule has 0 spiro atoms. The average Bonchev–Trinajstić information content (AvgIpc) is 3.53. The number of hydrogen-bond donors (Lipinski definition) is 1. The summed E-state index contributed by atoms with van der Waals surface area (Å²) in [7, 11) is 0. The lowest BCUT2D eigenvalue weighted by Gasteiger charge is -2.12. The van der Waals surface area contributed by atoms with Crippen molar-refractivity contribution in [3.05, 3.63) is 156 Å². The van der Waals surface area contributed by atoms with Gasteiger partial charge in [0.15, 0.2) is 5.84 Å². The monoisotopic (exact) mass is 621 g/mol. The van der Waals surface area contributed by atoms with Gasteiger partial charge in [-0.25, -0.2) is 4.99 Å². The van der Waals surface area contributed by atoms with Crippen LogP contribution in [0.2, 0.25) is 0 Å². The van der Waals surface area contributed by atoms with Crippen LogP contribution in [0.1, 0.15) is 31.4 Å². The molecular weight excluding hydrogens is 587 g/mol. The quantitative estimate of drug-likeness (QED) is 0.0833. The molecule has 0 atom stereocenters. The molecule has 8 rings (SSSR count). The van der Waals surface area contributed by atoms with Crippen molar-refractivity contribution in [2.24, 2.45) is 15.7 Å². The molecule has 0 bridgehead atoms. The summed E-state index contributed by atoms with van der Waals surface area (Å²) in [5.41, 5.74) is 13.3. The number of furan rings is 1. The van der Waals surface area contributed by atoms with Gasteiger partial charge in [0, 0.05) is 27.5 Å². The highest BCUT2D eigenvalue weighted by Gasteiger charge is 2.21. The Labute approximate surface area is 279 Å². The molecule has 0 aliphatic rings. The number of rotatable bonds is 7. The Morgan fingerprint density at radius 3 is 2.35 bits per heavy atom. The molecule has 0 saturated carbocycles. The van der Waals surface area contributed by atoms with Crippen molar-refractivity contribution < 1.29 is 4.42 Å². The molecule has 8 aromatic rings. The standard InChI is InChI=1S/C44H35N3O/c1-3-12-30(13-4-2)43(45)47-44(46-27-28-14-6-5-7-15-28)32-18-10-17-31(26-32)34-24-25-36-35-23-22-29-16-8-9-19-33(29)39(35)37-20-11-21-38-40(37)41(36)42(34)48-38/h3,5-26H,4,27H2,1-2H3,(H2,45,46,47)/b12-3-,30-13+. The van der Waals surface area contributed by atoms with Gasteiger partial charge in [0.05, 0.1) is 6.54 Å². The van der Waals surface area contributed by atoms with Gasteiger partial charge in [-0.05, 0) is 75.0 Å². The Bertz CT molecular complexity index is 2580. The van der Waals surface area contributed by atoms with Crippen LogP contribution in [0.25, 0.3) is 65.4 Å². The molecule has 48 heavy (non-hydrogen) atoms. The van der Waals surface area contributed by atoms with Crippen molar-refractivity contribution in [3.8, 4) is 11.1 Å². The van der Waals surface area contributed by atoms with Crippen LogP contribution < -0.4 is 5.73 Å². The lowest BCUT2D eigenvalue weighted by molar-refractivity contribution is 0.670. The van der Waals surface area contributed by atoms with Gasteiger partial charge >= 0.3 is 0 Å². The number of hydrogen-bond acceptors (Lipinski definition) is 2. The zero-order valence-corrected chi connectivity index (χ0v) is 27.1. The topological polar surface area (TPSA) is 63.9 Å². The number of fused-ring (bicyclic) bond motifs is 5. The fourth-order valence-corrected chi connectivity index (χ4v) is 6.97. The average molecular weight is 622 g/mol. The molecule has 7 aromatic carbocycles. The normalized spacial score (nSPS) is 13.3. The maximum absolute atomic E-state index is 6.75. The van der Waals surface area contributed by atoms with Gasteiger partial charge in [-0.2, -0.15) is 0 Å². The van der Waals surface area contributed by atoms with E-state index in [4.69, 9.17) is 20.1 Å². The van der Waals surface area contributed by atoms with Crippen LogP contribution in [-0.4, -0.2) is 11.7 Å². The van der Waals surface area contributed by atoms with Crippen LogP contribution in [0.3, 0.4) is 0 Å². The summed E-state index contributed by atoms with van der Waals surface area (Å²) in [6.07, 6.45) is 6.91. The van der Waals surface area contributed by atoms with Gasteiger partial charge in [-0.3, -0.25) is 4.99 Å². The minimum Gasteiger partial charge on any atom is -0.455 e. The van der Waals surface area contributed by atoms with Crippen LogP contribution in [-0.2, 0) is 6.54 Å². The Kier molecular flexibility index (Phi) is 7.54. The van der Waals surface area contributed by atoms with Gasteiger partial charge in [0.1, 0.15) is 17.0 Å². The second-order valence-corrected chi connectivity index (χ2v) is 12.1. The first-order chi connectivity index (χ1) is 23.6. The third kappa shape index (κ3) is 5.03. The van der Waals surface area contributed by atoms with E-state index in [0.29, 0.717) is 18.2 Å². The van der Waals surface area contributed by atoms with E-state index in [1.54, 1.807) is 0 Å². The fraction of sp³-hybridized carbons (Fsp3) is 0.0909. The SMILES string of the molecule is C/C=C\C(=C/CC)C(N)=NC(=NCc1ccccc1)c1cccc(-c2ccc3c4ccc5ccccc5c4c4cccc5oc2c3c54)c1. The van der Waals surface area contributed by atoms with Crippen LogP contribution >= 0.6 is 0 Å². The molecule has 0 aliphatic heterocycles. The van der Waals surface area contributed by atoms with E-state index in [9.17, 15) is 0 Å². The summed E-state index contributed by atoms with van der Waals surface area (Å²) in [6, 6.07) is 42.6. The van der Waals surface area contributed by atoms with Gasteiger partial charge in [-0.15, -0.1) is 0 Å². The zero-order chi connectivity index (χ0) is 32.6. The molecule has 4 heteroatoms. The second-order valence-electron chi connectivity index (χ2n) is 12.1. The fourth-order valence-electron chi connectivity index (χ4n) is 6.97. The molecule has 2 N–H and O–H groups in total. The van der Waals surface area contributed by atoms with E-state index in [1.807, 2.05) is 37.3 Å². The Balaban J connectivity index is 1.31. The van der Waals surface area contributed by atoms with E-state index in [2.05, 4.69) is 116 Å². The summed E-state index contributed by atoms with van der Waals surface area (Å²) >= 11 is 0.